The number of hydrogen-bond acceptors (Lipinski definition) is 8. The van der Waals surface area contributed by atoms with Crippen molar-refractivity contribution in [3.05, 3.63) is 125 Å². The van der Waals surface area contributed by atoms with Crippen molar-refractivity contribution in [1.82, 2.24) is 25.3 Å². The van der Waals surface area contributed by atoms with E-state index in [9.17, 15) is 23.1 Å². The Morgan fingerprint density at radius 1 is 1.04 bits per heavy atom. The van der Waals surface area contributed by atoms with Crippen LogP contribution in [-0.2, 0) is 23.1 Å². The summed E-state index contributed by atoms with van der Waals surface area (Å²) in [5, 5.41) is 19.2. The van der Waals surface area contributed by atoms with Gasteiger partial charge < -0.3 is 24.8 Å². The van der Waals surface area contributed by atoms with E-state index in [2.05, 4.69) is 39.3 Å². The number of β-amino-alcohol motifs (C(OH)–C–C–N with tert-alkyl or cyclic N) is 1. The Bertz CT molecular complexity index is 1930. The Morgan fingerprint density at radius 2 is 1.80 bits per heavy atom. The molecule has 1 atom stereocenters. The molecule has 2 heterocycles. The van der Waals surface area contributed by atoms with Crippen molar-refractivity contribution in [2.24, 2.45) is 0 Å². The van der Waals surface area contributed by atoms with Crippen LogP contribution < -0.4 is 20.9 Å². The Hall–Kier alpha value is -4.98. The Balaban J connectivity index is 1.10. The predicted octanol–water partition coefficient (Wildman–Crippen LogP) is 4.05. The van der Waals surface area contributed by atoms with Crippen LogP contribution in [-0.4, -0.2) is 46.2 Å². The first-order valence-corrected chi connectivity index (χ1v) is 16.1. The highest BCUT2D eigenvalue weighted by Gasteiger charge is 2.20. The van der Waals surface area contributed by atoms with Gasteiger partial charge in [-0.05, 0) is 62.2 Å². The highest BCUT2D eigenvalue weighted by Crippen LogP contribution is 2.22. The number of nitrogens with one attached hydrogen (secondary N) is 4. The van der Waals surface area contributed by atoms with Crippen molar-refractivity contribution in [3.8, 4) is 11.3 Å². The van der Waals surface area contributed by atoms with Gasteiger partial charge in [0.15, 0.2) is 5.76 Å². The largest absolute Gasteiger partial charge is 0.387 e. The van der Waals surface area contributed by atoms with Crippen molar-refractivity contribution in [3.63, 3.8) is 0 Å². The van der Waals surface area contributed by atoms with Crippen LogP contribution in [0.2, 0.25) is 0 Å². The van der Waals surface area contributed by atoms with Crippen LogP contribution in [0, 0.1) is 0 Å². The zero-order valence-electron chi connectivity index (χ0n) is 25.4. The lowest BCUT2D eigenvalue weighted by Crippen LogP contribution is -2.42. The fraction of sp³-hybridized carbons (Fsp3) is 0.242. The lowest BCUT2D eigenvalue weighted by Gasteiger charge is -2.28. The molecular formula is C33H36N6O6S. The minimum atomic E-state index is -3.74. The van der Waals surface area contributed by atoms with Gasteiger partial charge in [0.05, 0.1) is 29.6 Å². The van der Waals surface area contributed by atoms with E-state index in [0.29, 0.717) is 29.1 Å². The van der Waals surface area contributed by atoms with Gasteiger partial charge in [-0.15, -0.1) is 0 Å². The Kier molecular flexibility index (Phi) is 9.85. The number of H-pyrrole nitrogens is 1. The molecular weight excluding hydrogens is 608 g/mol. The van der Waals surface area contributed by atoms with Crippen LogP contribution >= 0.6 is 0 Å². The van der Waals surface area contributed by atoms with E-state index >= 15 is 0 Å². The van der Waals surface area contributed by atoms with Gasteiger partial charge in [-0.3, -0.25) is 14.3 Å². The number of carbonyl (C=O) groups excluding carboxylic acids is 1. The average molecular weight is 645 g/mol. The van der Waals surface area contributed by atoms with E-state index < -0.39 is 16.1 Å². The van der Waals surface area contributed by atoms with Crippen molar-refractivity contribution in [2.75, 3.05) is 11.3 Å². The third-order valence-corrected chi connectivity index (χ3v) is 8.82. The molecule has 240 valence electrons. The summed E-state index contributed by atoms with van der Waals surface area (Å²) in [5.74, 6) is 0.0493. The van der Waals surface area contributed by atoms with E-state index in [-0.39, 0.29) is 35.0 Å². The minimum Gasteiger partial charge on any atom is -0.387 e. The first-order valence-electron chi connectivity index (χ1n) is 14.7. The van der Waals surface area contributed by atoms with E-state index in [4.69, 9.17) is 4.52 Å². The third-order valence-electron chi connectivity index (χ3n) is 7.42. The highest BCUT2D eigenvalue weighted by molar-refractivity contribution is 7.92. The summed E-state index contributed by atoms with van der Waals surface area (Å²) in [5.41, 5.74) is 2.38. The second kappa shape index (κ2) is 14.0. The van der Waals surface area contributed by atoms with Gasteiger partial charge in [-0.25, -0.2) is 13.4 Å². The molecule has 0 bridgehead atoms. The molecule has 5 N–H and O–H groups in total. The van der Waals surface area contributed by atoms with E-state index in [0.717, 1.165) is 17.7 Å². The normalized spacial score (nSPS) is 12.5. The number of anilines is 1. The molecule has 13 heteroatoms. The number of aliphatic hydroxyl groups excluding tert-OH is 1. The van der Waals surface area contributed by atoms with Crippen LogP contribution in [0.3, 0.4) is 0 Å². The minimum absolute atomic E-state index is 0.0974. The molecule has 5 aromatic rings. The van der Waals surface area contributed by atoms with E-state index in [1.165, 1.54) is 18.2 Å². The molecule has 3 aromatic carbocycles. The molecule has 1 amide bonds. The quantitative estimate of drug-likeness (QED) is 0.121. The van der Waals surface area contributed by atoms with Crippen LogP contribution in [0.15, 0.2) is 112 Å². The van der Waals surface area contributed by atoms with Crippen LogP contribution in [0.25, 0.3) is 11.3 Å². The van der Waals surface area contributed by atoms with E-state index in [1.807, 2.05) is 22.9 Å². The maximum absolute atomic E-state index is 12.7. The molecule has 0 aliphatic carbocycles. The molecule has 5 rings (SSSR count). The second-order valence-electron chi connectivity index (χ2n) is 11.5. The molecule has 0 spiro atoms. The molecule has 0 radical (unpaired) electrons. The number of aliphatic hydroxyl groups is 1. The van der Waals surface area contributed by atoms with Gasteiger partial charge >= 0.3 is 0 Å². The number of imidazole rings is 1. The van der Waals surface area contributed by atoms with Gasteiger partial charge in [0.25, 0.3) is 21.5 Å². The van der Waals surface area contributed by atoms with Gasteiger partial charge in [0, 0.05) is 47.7 Å². The maximum Gasteiger partial charge on any atom is 0.280 e. The molecule has 0 aliphatic heterocycles. The number of rotatable bonds is 14. The standard InChI is InChI=1S/C33H36N6O6S/c1-33(2,36-20-30(40)25-7-6-8-26(17-25)38-46(43,44)28-9-4-3-5-10-28)15-16-39-21-29(35-22-39)23-11-13-24(14-12-23)32(42)34-19-27-18-31(41)37-45-27/h3-14,17-18,21-22,30,36,38,40H,15-16,19-20H2,1-2H3,(H,34,42)(H,37,41)/t30-/m0/s1. The molecule has 0 saturated heterocycles. The second-order valence-corrected chi connectivity index (χ2v) is 13.2. The number of sulfonamides is 1. The number of amides is 1. The molecule has 0 fully saturated rings. The van der Waals surface area contributed by atoms with Crippen molar-refractivity contribution in [1.29, 1.82) is 0 Å². The highest BCUT2D eigenvalue weighted by atomic mass is 32.2. The van der Waals surface area contributed by atoms with E-state index in [1.54, 1.807) is 60.9 Å². The number of carbonyl (C=O) groups is 1. The summed E-state index contributed by atoms with van der Waals surface area (Å²) in [7, 11) is -3.74. The summed E-state index contributed by atoms with van der Waals surface area (Å²) < 4.78 is 34.9. The van der Waals surface area contributed by atoms with Crippen LogP contribution in [0.1, 0.15) is 48.1 Å². The fourth-order valence-corrected chi connectivity index (χ4v) is 5.78. The lowest BCUT2D eigenvalue weighted by atomic mass is 9.99. The first kappa shape index (κ1) is 32.4. The number of hydrogen-bond donors (Lipinski definition) is 5. The summed E-state index contributed by atoms with van der Waals surface area (Å²) in [6.07, 6.45) is 3.59. The number of aromatic nitrogens is 3. The molecule has 0 unspecified atom stereocenters. The van der Waals surface area contributed by atoms with Gasteiger partial charge in [0.1, 0.15) is 0 Å². The van der Waals surface area contributed by atoms with Gasteiger partial charge in [-0.2, -0.15) is 5.16 Å². The SMILES string of the molecule is CC(C)(CCn1cnc(-c2ccc(C(=O)NCc3cc(=O)[nH]o3)cc2)c1)NC[C@H](O)c1cccc(NS(=O)(=O)c2ccccc2)c1. The van der Waals surface area contributed by atoms with Crippen molar-refractivity contribution >= 4 is 21.6 Å². The molecule has 12 nitrogen and oxygen atoms in total. The number of benzene rings is 3. The Labute approximate surface area is 266 Å². The summed E-state index contributed by atoms with van der Waals surface area (Å²) in [6.45, 7) is 5.15. The van der Waals surface area contributed by atoms with Crippen molar-refractivity contribution in [2.45, 2.75) is 49.9 Å². The Morgan fingerprint density at radius 3 is 2.52 bits per heavy atom. The van der Waals surface area contributed by atoms with Crippen LogP contribution in [0.5, 0.6) is 0 Å². The first-order chi connectivity index (χ1) is 22.0. The molecule has 0 saturated carbocycles. The molecule has 2 aromatic heterocycles. The number of aromatic amines is 1. The lowest BCUT2D eigenvalue weighted by molar-refractivity contribution is 0.0947. The molecule has 0 aliphatic rings. The zero-order chi connectivity index (χ0) is 32.7. The summed E-state index contributed by atoms with van der Waals surface area (Å²) in [4.78, 5) is 28.3. The maximum atomic E-state index is 12.7. The van der Waals surface area contributed by atoms with Crippen LogP contribution in [0.4, 0.5) is 5.69 Å². The third kappa shape index (κ3) is 8.59. The number of aryl methyl sites for hydroxylation is 1. The smallest absolute Gasteiger partial charge is 0.280 e. The molecule has 46 heavy (non-hydrogen) atoms. The predicted molar refractivity (Wildman–Crippen MR) is 174 cm³/mol. The average Bonchev–Trinajstić information content (AvgIpc) is 3.71. The zero-order valence-corrected chi connectivity index (χ0v) is 26.3. The summed E-state index contributed by atoms with van der Waals surface area (Å²) >= 11 is 0. The van der Waals surface area contributed by atoms with Gasteiger partial charge in [-0.1, -0.05) is 42.5 Å². The fourth-order valence-electron chi connectivity index (χ4n) is 4.71. The topological polar surface area (TPSA) is 171 Å². The summed E-state index contributed by atoms with van der Waals surface area (Å²) in [6, 6.07) is 23.2. The number of nitrogens with zero attached hydrogens (tertiary/aromatic N) is 2. The monoisotopic (exact) mass is 644 g/mol. The van der Waals surface area contributed by atoms with Gasteiger partial charge in [0.2, 0.25) is 0 Å². The van der Waals surface area contributed by atoms with Crippen molar-refractivity contribution < 1.29 is 22.8 Å².